The topological polar surface area (TPSA) is 38.3 Å². The van der Waals surface area contributed by atoms with Crippen LogP contribution in [0.4, 0.5) is 5.69 Å². The first kappa shape index (κ1) is 16.5. The Kier molecular flexibility index (Phi) is 5.16. The number of hydrogen-bond acceptors (Lipinski definition) is 2. The molecule has 3 aromatic rings. The van der Waals surface area contributed by atoms with Crippen LogP contribution in [0.15, 0.2) is 71.2 Å². The molecule has 0 saturated heterocycles. The average molecular weight is 384 g/mol. The first-order valence-electron chi connectivity index (χ1n) is 7.88. The summed E-state index contributed by atoms with van der Waals surface area (Å²) in [5.74, 6) is 0.582. The predicted molar refractivity (Wildman–Crippen MR) is 101 cm³/mol. The summed E-state index contributed by atoms with van der Waals surface area (Å²) in [7, 11) is 0. The monoisotopic (exact) mass is 383 g/mol. The van der Waals surface area contributed by atoms with Crippen LogP contribution < -0.4 is 10.1 Å². The summed E-state index contributed by atoms with van der Waals surface area (Å²) in [6, 6.07) is 21.4. The highest BCUT2D eigenvalue weighted by molar-refractivity contribution is 9.10. The van der Waals surface area contributed by atoms with Crippen LogP contribution in [0.1, 0.15) is 13.3 Å². The lowest BCUT2D eigenvalue weighted by Crippen LogP contribution is -2.32. The van der Waals surface area contributed by atoms with Gasteiger partial charge in [-0.05, 0) is 42.1 Å². The molecule has 0 spiro atoms. The van der Waals surface area contributed by atoms with E-state index in [1.807, 2.05) is 73.7 Å². The van der Waals surface area contributed by atoms with E-state index in [9.17, 15) is 4.79 Å². The van der Waals surface area contributed by atoms with Gasteiger partial charge in [0.25, 0.3) is 5.91 Å². The number of anilines is 1. The van der Waals surface area contributed by atoms with Crippen LogP contribution in [0.3, 0.4) is 0 Å². The summed E-state index contributed by atoms with van der Waals surface area (Å²) in [6.45, 7) is 1.94. The molecule has 4 heteroatoms. The number of rotatable bonds is 5. The first-order valence-corrected chi connectivity index (χ1v) is 8.67. The lowest BCUT2D eigenvalue weighted by molar-refractivity contribution is -0.122. The molecule has 0 aromatic heterocycles. The van der Waals surface area contributed by atoms with Gasteiger partial charge < -0.3 is 10.1 Å². The number of amides is 1. The third-order valence-corrected chi connectivity index (χ3v) is 4.32. The molecule has 0 aliphatic heterocycles. The Morgan fingerprint density at radius 1 is 1.04 bits per heavy atom. The third kappa shape index (κ3) is 3.77. The van der Waals surface area contributed by atoms with Crippen molar-refractivity contribution in [2.45, 2.75) is 19.4 Å². The van der Waals surface area contributed by atoms with E-state index in [1.165, 1.54) is 0 Å². The van der Waals surface area contributed by atoms with Crippen LogP contribution in [-0.4, -0.2) is 12.0 Å². The molecule has 0 radical (unpaired) electrons. The maximum absolute atomic E-state index is 12.5. The minimum absolute atomic E-state index is 0.146. The van der Waals surface area contributed by atoms with Crippen LogP contribution in [0, 0.1) is 0 Å². The predicted octanol–water partition coefficient (Wildman–Crippen LogP) is 5.40. The fraction of sp³-hybridized carbons (Fsp3) is 0.150. The van der Waals surface area contributed by atoms with E-state index >= 15 is 0 Å². The van der Waals surface area contributed by atoms with Crippen LogP contribution >= 0.6 is 15.9 Å². The second-order valence-corrected chi connectivity index (χ2v) is 6.40. The smallest absolute Gasteiger partial charge is 0.265 e. The van der Waals surface area contributed by atoms with Crippen molar-refractivity contribution in [1.29, 1.82) is 0 Å². The van der Waals surface area contributed by atoms with E-state index in [4.69, 9.17) is 4.74 Å². The van der Waals surface area contributed by atoms with E-state index in [1.54, 1.807) is 0 Å². The Balaban J connectivity index is 1.78. The van der Waals surface area contributed by atoms with Crippen molar-refractivity contribution >= 4 is 38.3 Å². The Morgan fingerprint density at radius 2 is 1.75 bits per heavy atom. The molecule has 24 heavy (non-hydrogen) atoms. The number of ether oxygens (including phenoxy) is 1. The number of fused-ring (bicyclic) bond motifs is 1. The number of carbonyl (C=O) groups is 1. The number of nitrogens with one attached hydrogen (secondary N) is 1. The molecule has 0 saturated carbocycles. The molecular formula is C20H18BrNO2. The fourth-order valence-corrected chi connectivity index (χ4v) is 2.79. The van der Waals surface area contributed by atoms with Gasteiger partial charge in [-0.25, -0.2) is 0 Å². The molecule has 3 nitrogen and oxygen atoms in total. The van der Waals surface area contributed by atoms with Crippen molar-refractivity contribution in [2.75, 3.05) is 5.32 Å². The minimum Gasteiger partial charge on any atom is -0.480 e. The van der Waals surface area contributed by atoms with Crippen molar-refractivity contribution < 1.29 is 9.53 Å². The summed E-state index contributed by atoms with van der Waals surface area (Å²) in [4.78, 5) is 12.5. The van der Waals surface area contributed by atoms with Gasteiger partial charge in [0.15, 0.2) is 6.10 Å². The Hall–Kier alpha value is -2.33. The lowest BCUT2D eigenvalue weighted by Gasteiger charge is -2.18. The number of halogens is 1. The average Bonchev–Trinajstić information content (AvgIpc) is 2.61. The number of benzene rings is 3. The molecule has 122 valence electrons. The van der Waals surface area contributed by atoms with E-state index in [0.717, 1.165) is 26.7 Å². The van der Waals surface area contributed by atoms with Crippen LogP contribution in [-0.2, 0) is 4.79 Å². The van der Waals surface area contributed by atoms with E-state index in [-0.39, 0.29) is 5.91 Å². The molecule has 3 rings (SSSR count). The van der Waals surface area contributed by atoms with Gasteiger partial charge in [0.1, 0.15) is 5.75 Å². The highest BCUT2D eigenvalue weighted by atomic mass is 79.9. The second-order valence-electron chi connectivity index (χ2n) is 5.49. The van der Waals surface area contributed by atoms with E-state index in [0.29, 0.717) is 6.42 Å². The summed E-state index contributed by atoms with van der Waals surface area (Å²) in [6.07, 6.45) is 0.0467. The molecule has 1 N–H and O–H groups in total. The Bertz CT molecular complexity index is 840. The van der Waals surface area contributed by atoms with Crippen LogP contribution in [0.25, 0.3) is 10.8 Å². The van der Waals surface area contributed by atoms with Crippen molar-refractivity contribution in [3.8, 4) is 5.75 Å². The third-order valence-electron chi connectivity index (χ3n) is 3.79. The van der Waals surface area contributed by atoms with Gasteiger partial charge in [-0.1, -0.05) is 59.3 Å². The molecule has 0 heterocycles. The normalized spacial score (nSPS) is 11.9. The molecule has 0 bridgehead atoms. The van der Waals surface area contributed by atoms with Gasteiger partial charge in [-0.3, -0.25) is 4.79 Å². The van der Waals surface area contributed by atoms with Crippen LogP contribution in [0.2, 0.25) is 0 Å². The van der Waals surface area contributed by atoms with Gasteiger partial charge in [0.2, 0.25) is 0 Å². The zero-order valence-corrected chi connectivity index (χ0v) is 14.9. The molecule has 0 aliphatic carbocycles. The Labute approximate surface area is 149 Å². The molecular weight excluding hydrogens is 366 g/mol. The number of carbonyl (C=O) groups excluding carboxylic acids is 1. The highest BCUT2D eigenvalue weighted by Gasteiger charge is 2.19. The number of hydrogen-bond donors (Lipinski definition) is 1. The molecule has 0 fully saturated rings. The van der Waals surface area contributed by atoms with E-state index < -0.39 is 6.10 Å². The van der Waals surface area contributed by atoms with Gasteiger partial charge in [-0.2, -0.15) is 0 Å². The zero-order chi connectivity index (χ0) is 16.9. The first-order chi connectivity index (χ1) is 11.7. The van der Waals surface area contributed by atoms with Gasteiger partial charge in [0.05, 0.1) is 0 Å². The molecule has 0 unspecified atom stereocenters. The summed E-state index contributed by atoms with van der Waals surface area (Å²) >= 11 is 3.38. The molecule has 1 amide bonds. The van der Waals surface area contributed by atoms with Crippen molar-refractivity contribution in [3.63, 3.8) is 0 Å². The summed E-state index contributed by atoms with van der Waals surface area (Å²) < 4.78 is 6.99. The fourth-order valence-electron chi connectivity index (χ4n) is 2.53. The van der Waals surface area contributed by atoms with Crippen molar-refractivity contribution in [3.05, 3.63) is 71.2 Å². The Morgan fingerprint density at radius 3 is 2.50 bits per heavy atom. The quantitative estimate of drug-likeness (QED) is 0.640. The maximum Gasteiger partial charge on any atom is 0.265 e. The summed E-state index contributed by atoms with van der Waals surface area (Å²) in [5.41, 5.74) is 0.753. The molecule has 3 aromatic carbocycles. The van der Waals surface area contributed by atoms with E-state index in [2.05, 4.69) is 21.2 Å². The van der Waals surface area contributed by atoms with Crippen molar-refractivity contribution in [1.82, 2.24) is 0 Å². The standard InChI is InChI=1S/C20H18BrNO2/c1-2-18(20(23)22-16-12-10-15(21)11-13-16)24-19-9-5-7-14-6-3-4-8-17(14)19/h3-13,18H,2H2,1H3,(H,22,23)/t18-/m0/s1. The van der Waals surface area contributed by atoms with Crippen LogP contribution in [0.5, 0.6) is 5.75 Å². The van der Waals surface area contributed by atoms with Gasteiger partial charge >= 0.3 is 0 Å². The van der Waals surface area contributed by atoms with Gasteiger partial charge in [0, 0.05) is 15.5 Å². The highest BCUT2D eigenvalue weighted by Crippen LogP contribution is 2.26. The zero-order valence-electron chi connectivity index (χ0n) is 13.3. The van der Waals surface area contributed by atoms with Crippen molar-refractivity contribution in [2.24, 2.45) is 0 Å². The summed E-state index contributed by atoms with van der Waals surface area (Å²) in [5, 5.41) is 5.01. The SMILES string of the molecule is CC[C@H](Oc1cccc2ccccc12)C(=O)Nc1ccc(Br)cc1. The van der Waals surface area contributed by atoms with Gasteiger partial charge in [-0.15, -0.1) is 0 Å². The lowest BCUT2D eigenvalue weighted by atomic mass is 10.1. The maximum atomic E-state index is 12.5. The molecule has 1 atom stereocenters. The molecule has 0 aliphatic rings. The second kappa shape index (κ2) is 7.49. The largest absolute Gasteiger partial charge is 0.480 e. The minimum atomic E-state index is -0.542.